The summed E-state index contributed by atoms with van der Waals surface area (Å²) in [6.45, 7) is 0.831. The second kappa shape index (κ2) is 10.0. The zero-order valence-electron chi connectivity index (χ0n) is 16.0. The normalized spacial score (nSPS) is 11.1. The van der Waals surface area contributed by atoms with Crippen molar-refractivity contribution in [1.29, 1.82) is 0 Å². The van der Waals surface area contributed by atoms with Crippen molar-refractivity contribution in [2.45, 2.75) is 18.1 Å². The molecule has 1 amide bonds. The third kappa shape index (κ3) is 5.35. The van der Waals surface area contributed by atoms with Crippen molar-refractivity contribution < 1.29 is 18.3 Å². The molecule has 0 bridgehead atoms. The molecule has 10 heteroatoms. The van der Waals surface area contributed by atoms with E-state index >= 15 is 0 Å². The number of aromatic nitrogens is 2. The number of hydrogen-bond acceptors (Lipinski definition) is 5. The molecule has 6 nitrogen and oxygen atoms in total. The molecule has 0 aliphatic carbocycles. The van der Waals surface area contributed by atoms with Crippen molar-refractivity contribution >= 4 is 45.9 Å². The molecule has 0 fully saturated rings. The lowest BCUT2D eigenvalue weighted by atomic mass is 10.2. The highest BCUT2D eigenvalue weighted by molar-refractivity contribution is 7.99. The Labute approximate surface area is 180 Å². The Hall–Kier alpha value is -2.49. The highest BCUT2D eigenvalue weighted by atomic mass is 35.5. The third-order valence-corrected chi connectivity index (χ3v) is 5.36. The molecule has 1 aromatic heterocycles. The van der Waals surface area contributed by atoms with Crippen LogP contribution >= 0.6 is 23.4 Å². The first-order chi connectivity index (χ1) is 14.4. The first-order valence-corrected chi connectivity index (χ1v) is 10.3. The maximum atomic E-state index is 13.3. The molecule has 0 aliphatic rings. The van der Waals surface area contributed by atoms with Crippen molar-refractivity contribution in [2.24, 2.45) is 0 Å². The number of nitrogens with zero attached hydrogens (tertiary/aromatic N) is 2. The summed E-state index contributed by atoms with van der Waals surface area (Å²) >= 11 is 7.08. The number of ether oxygens (including phenoxy) is 1. The van der Waals surface area contributed by atoms with Crippen molar-refractivity contribution in [3.8, 4) is 0 Å². The quantitative estimate of drug-likeness (QED) is 0.316. The van der Waals surface area contributed by atoms with Crippen LogP contribution in [0.2, 0.25) is 5.02 Å². The lowest BCUT2D eigenvalue weighted by Crippen LogP contribution is -2.25. The van der Waals surface area contributed by atoms with Crippen molar-refractivity contribution in [1.82, 2.24) is 9.55 Å². The van der Waals surface area contributed by atoms with Crippen molar-refractivity contribution in [3.05, 3.63) is 63.4 Å². The standard InChI is InChI=1S/C20H18ClF2N3O3S/c1-29-8-2-7-26-19(28)14-5-3-12(21)9-17(14)25-20(26)30-11-18(27)24-13-4-6-15(22)16(23)10-13/h3-6,9-10H,2,7-8,11H2,1H3,(H,24,27). The van der Waals surface area contributed by atoms with E-state index in [4.69, 9.17) is 16.3 Å². The van der Waals surface area contributed by atoms with Gasteiger partial charge in [-0.3, -0.25) is 14.2 Å². The van der Waals surface area contributed by atoms with Crippen LogP contribution in [0, 0.1) is 11.6 Å². The Balaban J connectivity index is 1.82. The maximum Gasteiger partial charge on any atom is 0.262 e. The predicted octanol–water partition coefficient (Wildman–Crippen LogP) is 4.10. The Morgan fingerprint density at radius 1 is 1.23 bits per heavy atom. The number of carbonyl (C=O) groups excluding carboxylic acids is 1. The van der Waals surface area contributed by atoms with Gasteiger partial charge in [-0.1, -0.05) is 23.4 Å². The molecule has 3 aromatic rings. The van der Waals surface area contributed by atoms with Gasteiger partial charge < -0.3 is 10.1 Å². The van der Waals surface area contributed by atoms with Gasteiger partial charge in [0.2, 0.25) is 5.91 Å². The minimum atomic E-state index is -1.06. The Bertz CT molecular complexity index is 1140. The lowest BCUT2D eigenvalue weighted by molar-refractivity contribution is -0.113. The Morgan fingerprint density at radius 3 is 2.77 bits per heavy atom. The van der Waals surface area contributed by atoms with Crippen LogP contribution in [0.15, 0.2) is 46.3 Å². The number of fused-ring (bicyclic) bond motifs is 1. The van der Waals surface area contributed by atoms with Gasteiger partial charge in [-0.25, -0.2) is 13.8 Å². The summed E-state index contributed by atoms with van der Waals surface area (Å²) in [5.41, 5.74) is 0.325. The summed E-state index contributed by atoms with van der Waals surface area (Å²) in [5, 5.41) is 3.71. The first-order valence-electron chi connectivity index (χ1n) is 8.96. The topological polar surface area (TPSA) is 73.2 Å². The fraction of sp³-hybridized carbons (Fsp3) is 0.250. The molecular weight excluding hydrogens is 436 g/mol. The third-order valence-electron chi connectivity index (χ3n) is 4.15. The Morgan fingerprint density at radius 2 is 2.03 bits per heavy atom. The number of amides is 1. The van der Waals surface area contributed by atoms with Gasteiger partial charge in [0.15, 0.2) is 16.8 Å². The molecule has 3 rings (SSSR count). The minimum absolute atomic E-state index is 0.0816. The fourth-order valence-electron chi connectivity index (χ4n) is 2.75. The fourth-order valence-corrected chi connectivity index (χ4v) is 3.74. The van der Waals surface area contributed by atoms with E-state index in [0.717, 1.165) is 23.9 Å². The number of carbonyl (C=O) groups is 1. The van der Waals surface area contributed by atoms with Crippen molar-refractivity contribution in [3.63, 3.8) is 0 Å². The van der Waals surface area contributed by atoms with Crippen LogP contribution in [-0.2, 0) is 16.1 Å². The molecule has 0 radical (unpaired) electrons. The number of benzene rings is 2. The largest absolute Gasteiger partial charge is 0.385 e. The van der Waals surface area contributed by atoms with Crippen molar-refractivity contribution in [2.75, 3.05) is 24.8 Å². The summed E-state index contributed by atoms with van der Waals surface area (Å²) in [4.78, 5) is 29.7. The maximum absolute atomic E-state index is 13.3. The molecular formula is C20H18ClF2N3O3S. The highest BCUT2D eigenvalue weighted by Gasteiger charge is 2.14. The molecule has 158 valence electrons. The number of thioether (sulfide) groups is 1. The van der Waals surface area contributed by atoms with Gasteiger partial charge in [0.1, 0.15) is 0 Å². The molecule has 30 heavy (non-hydrogen) atoms. The van der Waals surface area contributed by atoms with Crippen LogP contribution in [0.3, 0.4) is 0 Å². The predicted molar refractivity (Wildman–Crippen MR) is 113 cm³/mol. The van der Waals surface area contributed by atoms with Gasteiger partial charge in [0.05, 0.1) is 16.7 Å². The molecule has 1 N–H and O–H groups in total. The van der Waals surface area contributed by atoms with E-state index in [2.05, 4.69) is 10.3 Å². The highest BCUT2D eigenvalue weighted by Crippen LogP contribution is 2.21. The van der Waals surface area contributed by atoms with Gasteiger partial charge in [0, 0.05) is 37.0 Å². The molecule has 0 aliphatic heterocycles. The number of halogens is 3. The molecule has 0 spiro atoms. The van der Waals surface area contributed by atoms with Crippen LogP contribution in [0.25, 0.3) is 10.9 Å². The summed E-state index contributed by atoms with van der Waals surface area (Å²) in [7, 11) is 1.57. The molecule has 0 saturated carbocycles. The van der Waals surface area contributed by atoms with Crippen LogP contribution in [0.1, 0.15) is 6.42 Å². The zero-order valence-corrected chi connectivity index (χ0v) is 17.5. The molecule has 2 aromatic carbocycles. The smallest absolute Gasteiger partial charge is 0.262 e. The molecule has 0 saturated heterocycles. The van der Waals surface area contributed by atoms with Gasteiger partial charge in [0.25, 0.3) is 5.56 Å². The number of hydrogen-bond donors (Lipinski definition) is 1. The Kier molecular flexibility index (Phi) is 7.41. The monoisotopic (exact) mass is 453 g/mol. The van der Waals surface area contributed by atoms with E-state index < -0.39 is 17.5 Å². The SMILES string of the molecule is COCCCn1c(SCC(=O)Nc2ccc(F)c(F)c2)nc2cc(Cl)ccc2c1=O. The number of nitrogens with one attached hydrogen (secondary N) is 1. The van der Waals surface area contributed by atoms with Gasteiger partial charge in [-0.05, 0) is 36.8 Å². The summed E-state index contributed by atoms with van der Waals surface area (Å²) in [5.74, 6) is -2.58. The molecule has 0 unspecified atom stereocenters. The average Bonchev–Trinajstić information content (AvgIpc) is 2.71. The zero-order chi connectivity index (χ0) is 21.7. The van der Waals surface area contributed by atoms with Crippen LogP contribution in [0.4, 0.5) is 14.5 Å². The molecule has 0 atom stereocenters. The van der Waals surface area contributed by atoms with Crippen LogP contribution < -0.4 is 10.9 Å². The number of methoxy groups -OCH3 is 1. The minimum Gasteiger partial charge on any atom is -0.385 e. The lowest BCUT2D eigenvalue weighted by Gasteiger charge is -2.13. The average molecular weight is 454 g/mol. The van der Waals surface area contributed by atoms with E-state index in [1.54, 1.807) is 25.3 Å². The number of anilines is 1. The van der Waals surface area contributed by atoms with Crippen LogP contribution in [0.5, 0.6) is 0 Å². The summed E-state index contributed by atoms with van der Waals surface area (Å²) in [6, 6.07) is 7.91. The van der Waals surface area contributed by atoms with Crippen LogP contribution in [-0.4, -0.2) is 34.9 Å². The van der Waals surface area contributed by atoms with E-state index in [1.165, 1.54) is 10.6 Å². The molecule has 1 heterocycles. The summed E-state index contributed by atoms with van der Waals surface area (Å²) in [6.07, 6.45) is 0.589. The second-order valence-electron chi connectivity index (χ2n) is 6.32. The van der Waals surface area contributed by atoms with E-state index in [1.807, 2.05) is 0 Å². The van der Waals surface area contributed by atoms with E-state index in [9.17, 15) is 18.4 Å². The second-order valence-corrected chi connectivity index (χ2v) is 7.70. The van der Waals surface area contributed by atoms with E-state index in [0.29, 0.717) is 40.7 Å². The van der Waals surface area contributed by atoms with Gasteiger partial charge in [-0.15, -0.1) is 0 Å². The van der Waals surface area contributed by atoms with Gasteiger partial charge >= 0.3 is 0 Å². The van der Waals surface area contributed by atoms with Gasteiger partial charge in [-0.2, -0.15) is 0 Å². The number of rotatable bonds is 8. The van der Waals surface area contributed by atoms with E-state index in [-0.39, 0.29) is 17.0 Å². The summed E-state index contributed by atoms with van der Waals surface area (Å²) < 4.78 is 32.9. The first kappa shape index (κ1) is 22.2.